The molecule has 0 radical (unpaired) electrons. The Morgan fingerprint density at radius 2 is 2.10 bits per heavy atom. The molecule has 0 saturated heterocycles. The predicted molar refractivity (Wildman–Crippen MR) is 111 cm³/mol. The van der Waals surface area contributed by atoms with Gasteiger partial charge in [0.2, 0.25) is 5.91 Å². The van der Waals surface area contributed by atoms with Crippen molar-refractivity contribution in [2.24, 2.45) is 0 Å². The molecule has 6 nitrogen and oxygen atoms in total. The summed E-state index contributed by atoms with van der Waals surface area (Å²) >= 11 is 1.43. The third kappa shape index (κ3) is 5.38. The fraction of sp³-hybridized carbons (Fsp3) is 0.190. The number of para-hydroxylation sites is 1. The van der Waals surface area contributed by atoms with Crippen molar-refractivity contribution in [3.8, 4) is 22.8 Å². The van der Waals surface area contributed by atoms with Crippen LogP contribution in [-0.2, 0) is 4.79 Å². The van der Waals surface area contributed by atoms with Gasteiger partial charge in [-0.1, -0.05) is 12.1 Å². The molecule has 0 fully saturated rings. The van der Waals surface area contributed by atoms with Gasteiger partial charge in [0.05, 0.1) is 18.8 Å². The third-order valence-electron chi connectivity index (χ3n) is 4.06. The van der Waals surface area contributed by atoms with Gasteiger partial charge in [0, 0.05) is 35.0 Å². The number of benzene rings is 1. The van der Waals surface area contributed by atoms with Crippen molar-refractivity contribution in [2.75, 3.05) is 7.11 Å². The van der Waals surface area contributed by atoms with Gasteiger partial charge in [-0.05, 0) is 31.2 Å². The molecule has 3 rings (SSSR count). The zero-order valence-electron chi connectivity index (χ0n) is 16.2. The number of rotatable bonds is 8. The zero-order chi connectivity index (χ0) is 21.5. The largest absolute Gasteiger partial charge is 0.493 e. The number of nitrogens with one attached hydrogen (secondary N) is 1. The molecule has 30 heavy (non-hydrogen) atoms. The molecular formula is C21H19F2N3O3S. The molecule has 3 aromatic rings. The van der Waals surface area contributed by atoms with E-state index in [1.807, 2.05) is 24.4 Å². The standard InChI is InChI=1S/C21H19F2N3O3S/c1-13(20-26-16(12-30-20)15-6-4-10-24-11-15)25-18(27)9-8-14-5-3-7-17(28-2)19(14)29-21(22)23/h3-13,21H,1-2H3,(H,25,27). The summed E-state index contributed by atoms with van der Waals surface area (Å²) in [4.78, 5) is 20.9. The molecule has 0 bridgehead atoms. The molecule has 1 unspecified atom stereocenters. The highest BCUT2D eigenvalue weighted by atomic mass is 32.1. The number of carbonyl (C=O) groups is 1. The molecule has 0 aliphatic carbocycles. The molecule has 1 atom stereocenters. The first kappa shape index (κ1) is 21.4. The summed E-state index contributed by atoms with van der Waals surface area (Å²) < 4.78 is 35.0. The monoisotopic (exact) mass is 431 g/mol. The van der Waals surface area contributed by atoms with E-state index in [9.17, 15) is 13.6 Å². The number of amides is 1. The van der Waals surface area contributed by atoms with Crippen LogP contribution >= 0.6 is 11.3 Å². The van der Waals surface area contributed by atoms with E-state index in [0.717, 1.165) is 16.3 Å². The number of hydrogen-bond donors (Lipinski definition) is 1. The molecule has 9 heteroatoms. The minimum Gasteiger partial charge on any atom is -0.493 e. The number of nitrogens with zero attached hydrogens (tertiary/aromatic N) is 2. The Labute approximate surface area is 176 Å². The molecule has 0 saturated carbocycles. The van der Waals surface area contributed by atoms with E-state index < -0.39 is 12.5 Å². The van der Waals surface area contributed by atoms with E-state index in [1.54, 1.807) is 24.5 Å². The highest BCUT2D eigenvalue weighted by molar-refractivity contribution is 7.10. The minimum atomic E-state index is -3.01. The molecule has 0 aliphatic heterocycles. The van der Waals surface area contributed by atoms with E-state index in [1.165, 1.54) is 36.7 Å². The number of hydrogen-bond acceptors (Lipinski definition) is 6. The Morgan fingerprint density at radius 1 is 1.27 bits per heavy atom. The van der Waals surface area contributed by atoms with Gasteiger partial charge in [-0.2, -0.15) is 8.78 Å². The molecule has 1 N–H and O–H groups in total. The van der Waals surface area contributed by atoms with Crippen molar-refractivity contribution >= 4 is 23.3 Å². The number of aromatic nitrogens is 2. The topological polar surface area (TPSA) is 73.3 Å². The number of halogens is 2. The van der Waals surface area contributed by atoms with E-state index in [4.69, 9.17) is 4.74 Å². The van der Waals surface area contributed by atoms with Crippen molar-refractivity contribution in [2.45, 2.75) is 19.6 Å². The maximum Gasteiger partial charge on any atom is 0.387 e. The molecule has 1 aromatic carbocycles. The lowest BCUT2D eigenvalue weighted by molar-refractivity contribution is -0.117. The zero-order valence-corrected chi connectivity index (χ0v) is 17.0. The minimum absolute atomic E-state index is 0.131. The lowest BCUT2D eigenvalue weighted by Crippen LogP contribution is -2.24. The van der Waals surface area contributed by atoms with E-state index in [0.29, 0.717) is 5.56 Å². The average Bonchev–Trinajstić information content (AvgIpc) is 3.23. The number of pyridine rings is 1. The normalized spacial score (nSPS) is 12.2. The summed E-state index contributed by atoms with van der Waals surface area (Å²) in [5.74, 6) is -0.378. The highest BCUT2D eigenvalue weighted by Gasteiger charge is 2.15. The van der Waals surface area contributed by atoms with Crippen LogP contribution in [0.3, 0.4) is 0 Å². The average molecular weight is 431 g/mol. The van der Waals surface area contributed by atoms with Gasteiger partial charge >= 0.3 is 6.61 Å². The molecule has 1 amide bonds. The van der Waals surface area contributed by atoms with Crippen LogP contribution in [0.15, 0.2) is 54.2 Å². The van der Waals surface area contributed by atoms with Gasteiger partial charge in [0.15, 0.2) is 11.5 Å². The number of carbonyl (C=O) groups excluding carboxylic acids is 1. The van der Waals surface area contributed by atoms with Crippen molar-refractivity contribution in [3.63, 3.8) is 0 Å². The lowest BCUT2D eigenvalue weighted by atomic mass is 10.1. The van der Waals surface area contributed by atoms with Gasteiger partial charge < -0.3 is 14.8 Å². The predicted octanol–water partition coefficient (Wildman–Crippen LogP) is 4.71. The molecule has 2 aromatic heterocycles. The van der Waals surface area contributed by atoms with Crippen LogP contribution in [-0.4, -0.2) is 29.6 Å². The summed E-state index contributed by atoms with van der Waals surface area (Å²) in [6.45, 7) is -1.20. The summed E-state index contributed by atoms with van der Waals surface area (Å²) in [5.41, 5.74) is 1.97. The van der Waals surface area contributed by atoms with Crippen LogP contribution in [0.25, 0.3) is 17.3 Å². The van der Waals surface area contributed by atoms with Crippen LogP contribution in [0.2, 0.25) is 0 Å². The Bertz CT molecular complexity index is 1030. The van der Waals surface area contributed by atoms with Crippen molar-refractivity contribution < 1.29 is 23.0 Å². The van der Waals surface area contributed by atoms with E-state index >= 15 is 0 Å². The van der Waals surface area contributed by atoms with Gasteiger partial charge in [-0.15, -0.1) is 11.3 Å². The van der Waals surface area contributed by atoms with Crippen LogP contribution in [0, 0.1) is 0 Å². The Balaban J connectivity index is 1.69. The lowest BCUT2D eigenvalue weighted by Gasteiger charge is -2.12. The second-order valence-electron chi connectivity index (χ2n) is 6.13. The fourth-order valence-corrected chi connectivity index (χ4v) is 3.50. The first-order valence-electron chi connectivity index (χ1n) is 8.94. The van der Waals surface area contributed by atoms with Crippen molar-refractivity contribution in [1.82, 2.24) is 15.3 Å². The maximum absolute atomic E-state index is 12.7. The first-order valence-corrected chi connectivity index (χ1v) is 9.82. The van der Waals surface area contributed by atoms with Gasteiger partial charge in [0.1, 0.15) is 5.01 Å². The van der Waals surface area contributed by atoms with Crippen LogP contribution in [0.1, 0.15) is 23.5 Å². The quantitative estimate of drug-likeness (QED) is 0.523. The van der Waals surface area contributed by atoms with Crippen LogP contribution in [0.4, 0.5) is 8.78 Å². The summed E-state index contributed by atoms with van der Waals surface area (Å²) in [5, 5.41) is 5.44. The van der Waals surface area contributed by atoms with E-state index in [-0.39, 0.29) is 17.5 Å². The summed E-state index contributed by atoms with van der Waals surface area (Å²) in [7, 11) is 1.35. The van der Waals surface area contributed by atoms with E-state index in [2.05, 4.69) is 20.0 Å². The second-order valence-corrected chi connectivity index (χ2v) is 7.02. The fourth-order valence-electron chi connectivity index (χ4n) is 2.66. The van der Waals surface area contributed by atoms with Crippen molar-refractivity contribution in [3.05, 3.63) is 64.8 Å². The smallest absolute Gasteiger partial charge is 0.387 e. The molecular weight excluding hydrogens is 412 g/mol. The third-order valence-corrected chi connectivity index (χ3v) is 5.09. The molecule has 0 aliphatic rings. The number of thiazole rings is 1. The highest BCUT2D eigenvalue weighted by Crippen LogP contribution is 2.33. The van der Waals surface area contributed by atoms with Crippen molar-refractivity contribution in [1.29, 1.82) is 0 Å². The SMILES string of the molecule is COc1cccc(C=CC(=O)NC(C)c2nc(-c3cccnc3)cs2)c1OC(F)F. The second kappa shape index (κ2) is 9.93. The van der Waals surface area contributed by atoms with Crippen LogP contribution < -0.4 is 14.8 Å². The number of alkyl halides is 2. The van der Waals surface area contributed by atoms with Gasteiger partial charge in [-0.25, -0.2) is 4.98 Å². The Kier molecular flexibility index (Phi) is 7.08. The summed E-state index contributed by atoms with van der Waals surface area (Å²) in [6, 6.07) is 8.07. The van der Waals surface area contributed by atoms with Crippen LogP contribution in [0.5, 0.6) is 11.5 Å². The van der Waals surface area contributed by atoms with Gasteiger partial charge in [-0.3, -0.25) is 9.78 Å². The van der Waals surface area contributed by atoms with Gasteiger partial charge in [0.25, 0.3) is 0 Å². The number of methoxy groups -OCH3 is 1. The molecule has 156 valence electrons. The molecule has 0 spiro atoms. The Hall–Kier alpha value is -3.33. The first-order chi connectivity index (χ1) is 14.5. The Morgan fingerprint density at radius 3 is 2.80 bits per heavy atom. The maximum atomic E-state index is 12.7. The number of ether oxygens (including phenoxy) is 2. The summed E-state index contributed by atoms with van der Waals surface area (Å²) in [6.07, 6.45) is 6.05. The molecule has 2 heterocycles.